The van der Waals surface area contributed by atoms with Crippen molar-refractivity contribution in [2.24, 2.45) is 0 Å². The lowest BCUT2D eigenvalue weighted by molar-refractivity contribution is 0.565. The molecule has 1 nitrogen and oxygen atoms in total. The van der Waals surface area contributed by atoms with Gasteiger partial charge in [0.25, 0.3) is 0 Å². The monoisotopic (exact) mass is 325 g/mol. The summed E-state index contributed by atoms with van der Waals surface area (Å²) < 4.78 is 13.5. The second-order valence-electron chi connectivity index (χ2n) is 5.06. The first kappa shape index (κ1) is 16.3. The summed E-state index contributed by atoms with van der Waals surface area (Å²) in [6.45, 7) is 4.78. The lowest BCUT2D eigenvalue weighted by atomic mass is 10.1. The van der Waals surface area contributed by atoms with Crippen LogP contribution in [-0.2, 0) is 13.0 Å². The molecule has 0 fully saturated rings. The molecule has 0 aliphatic heterocycles. The van der Waals surface area contributed by atoms with Crippen molar-refractivity contribution < 1.29 is 4.39 Å². The highest BCUT2D eigenvalue weighted by Gasteiger charge is 2.13. The Bertz CT molecular complexity index is 611. The SMILES string of the molecule is CCc1ccc(CNC(C)c2cc(F)c(Cl)cc2Cl)cc1. The molecule has 0 saturated carbocycles. The molecule has 0 aromatic heterocycles. The van der Waals surface area contributed by atoms with Crippen LogP contribution >= 0.6 is 23.2 Å². The predicted molar refractivity (Wildman–Crippen MR) is 87.5 cm³/mol. The molecule has 1 unspecified atom stereocenters. The fraction of sp³-hybridized carbons (Fsp3) is 0.294. The van der Waals surface area contributed by atoms with Crippen molar-refractivity contribution in [1.29, 1.82) is 0 Å². The molecule has 0 heterocycles. The minimum absolute atomic E-state index is 0.0473. The second-order valence-corrected chi connectivity index (χ2v) is 5.87. The Balaban J connectivity index is 2.04. The Morgan fingerprint density at radius 1 is 1.05 bits per heavy atom. The van der Waals surface area contributed by atoms with E-state index in [1.807, 2.05) is 6.92 Å². The standard InChI is InChI=1S/C17H18Cl2FN/c1-3-12-4-6-13(7-5-12)10-21-11(2)14-8-17(20)16(19)9-15(14)18/h4-9,11,21H,3,10H2,1-2H3. The maximum atomic E-state index is 13.5. The summed E-state index contributed by atoms with van der Waals surface area (Å²) in [6, 6.07) is 11.2. The van der Waals surface area contributed by atoms with E-state index in [1.54, 1.807) is 0 Å². The van der Waals surface area contributed by atoms with Crippen LogP contribution in [0.4, 0.5) is 4.39 Å². The molecule has 2 aromatic carbocycles. The average molecular weight is 326 g/mol. The van der Waals surface area contributed by atoms with Gasteiger partial charge in [-0.1, -0.05) is 54.4 Å². The van der Waals surface area contributed by atoms with Crippen molar-refractivity contribution in [3.63, 3.8) is 0 Å². The van der Waals surface area contributed by atoms with E-state index in [0.717, 1.165) is 6.42 Å². The van der Waals surface area contributed by atoms with Gasteiger partial charge in [-0.15, -0.1) is 0 Å². The third-order valence-electron chi connectivity index (χ3n) is 3.55. The first-order chi connectivity index (χ1) is 10.0. The number of hydrogen-bond acceptors (Lipinski definition) is 1. The summed E-state index contributed by atoms with van der Waals surface area (Å²) in [4.78, 5) is 0. The quantitative estimate of drug-likeness (QED) is 0.711. The van der Waals surface area contributed by atoms with Gasteiger partial charge in [-0.2, -0.15) is 0 Å². The van der Waals surface area contributed by atoms with Gasteiger partial charge in [0.15, 0.2) is 0 Å². The van der Waals surface area contributed by atoms with Crippen LogP contribution in [0.5, 0.6) is 0 Å². The van der Waals surface area contributed by atoms with Crippen LogP contribution in [0.3, 0.4) is 0 Å². The largest absolute Gasteiger partial charge is 0.306 e. The molecule has 0 radical (unpaired) electrons. The van der Waals surface area contributed by atoms with Gasteiger partial charge in [-0.05, 0) is 42.2 Å². The van der Waals surface area contributed by atoms with Crippen LogP contribution in [-0.4, -0.2) is 0 Å². The van der Waals surface area contributed by atoms with E-state index in [2.05, 4.69) is 36.5 Å². The molecule has 0 spiro atoms. The van der Waals surface area contributed by atoms with Crippen molar-refractivity contribution >= 4 is 23.2 Å². The number of aryl methyl sites for hydroxylation is 1. The molecular formula is C17H18Cl2FN. The summed E-state index contributed by atoms with van der Waals surface area (Å²) in [5.74, 6) is -0.447. The van der Waals surface area contributed by atoms with E-state index in [9.17, 15) is 4.39 Å². The van der Waals surface area contributed by atoms with Crippen LogP contribution < -0.4 is 5.32 Å². The average Bonchev–Trinajstić information content (AvgIpc) is 2.49. The molecule has 2 aromatic rings. The van der Waals surface area contributed by atoms with Gasteiger partial charge < -0.3 is 5.32 Å². The Morgan fingerprint density at radius 3 is 2.29 bits per heavy atom. The fourth-order valence-electron chi connectivity index (χ4n) is 2.14. The topological polar surface area (TPSA) is 12.0 Å². The van der Waals surface area contributed by atoms with Crippen LogP contribution in [0, 0.1) is 5.82 Å². The molecular weight excluding hydrogens is 308 g/mol. The highest BCUT2D eigenvalue weighted by atomic mass is 35.5. The summed E-state index contributed by atoms with van der Waals surface area (Å²) in [5.41, 5.74) is 3.21. The zero-order valence-corrected chi connectivity index (χ0v) is 13.6. The van der Waals surface area contributed by atoms with E-state index < -0.39 is 5.82 Å². The molecule has 112 valence electrons. The Kier molecular flexibility index (Phi) is 5.63. The summed E-state index contributed by atoms with van der Waals surface area (Å²) in [5, 5.41) is 3.87. The highest BCUT2D eigenvalue weighted by Crippen LogP contribution is 2.28. The van der Waals surface area contributed by atoms with Crippen molar-refractivity contribution in [3.8, 4) is 0 Å². The Morgan fingerprint density at radius 2 is 1.67 bits per heavy atom. The van der Waals surface area contributed by atoms with Gasteiger partial charge in [0.2, 0.25) is 0 Å². The molecule has 21 heavy (non-hydrogen) atoms. The van der Waals surface area contributed by atoms with Crippen molar-refractivity contribution in [2.75, 3.05) is 0 Å². The zero-order valence-electron chi connectivity index (χ0n) is 12.1. The first-order valence-electron chi connectivity index (χ1n) is 6.97. The van der Waals surface area contributed by atoms with Crippen LogP contribution in [0.1, 0.15) is 36.6 Å². The summed E-state index contributed by atoms with van der Waals surface area (Å²) in [7, 11) is 0. The molecule has 0 saturated heterocycles. The van der Waals surface area contributed by atoms with Gasteiger partial charge >= 0.3 is 0 Å². The fourth-order valence-corrected chi connectivity index (χ4v) is 2.69. The lowest BCUT2D eigenvalue weighted by Gasteiger charge is -2.16. The van der Waals surface area contributed by atoms with Crippen molar-refractivity contribution in [1.82, 2.24) is 5.32 Å². The predicted octanol–water partition coefficient (Wildman–Crippen LogP) is 5.55. The second kappa shape index (κ2) is 7.26. The summed E-state index contributed by atoms with van der Waals surface area (Å²) >= 11 is 11.8. The highest BCUT2D eigenvalue weighted by molar-refractivity contribution is 6.35. The van der Waals surface area contributed by atoms with E-state index in [1.165, 1.54) is 23.3 Å². The third-order valence-corrected chi connectivity index (χ3v) is 4.17. The maximum absolute atomic E-state index is 13.5. The molecule has 4 heteroatoms. The van der Waals surface area contributed by atoms with Gasteiger partial charge in [-0.25, -0.2) is 4.39 Å². The third kappa shape index (κ3) is 4.19. The van der Waals surface area contributed by atoms with Gasteiger partial charge in [0.05, 0.1) is 5.02 Å². The summed E-state index contributed by atoms with van der Waals surface area (Å²) in [6.07, 6.45) is 1.03. The normalized spacial score (nSPS) is 12.4. The number of nitrogens with one attached hydrogen (secondary N) is 1. The smallest absolute Gasteiger partial charge is 0.142 e. The van der Waals surface area contributed by atoms with Gasteiger partial charge in [-0.3, -0.25) is 0 Å². The van der Waals surface area contributed by atoms with E-state index in [0.29, 0.717) is 17.1 Å². The first-order valence-corrected chi connectivity index (χ1v) is 7.72. The maximum Gasteiger partial charge on any atom is 0.142 e. The zero-order chi connectivity index (χ0) is 15.4. The Hall–Kier alpha value is -1.09. The van der Waals surface area contributed by atoms with E-state index in [4.69, 9.17) is 23.2 Å². The van der Waals surface area contributed by atoms with Crippen molar-refractivity contribution in [2.45, 2.75) is 32.9 Å². The van der Waals surface area contributed by atoms with Crippen LogP contribution in [0.25, 0.3) is 0 Å². The molecule has 0 amide bonds. The van der Waals surface area contributed by atoms with Crippen LogP contribution in [0.15, 0.2) is 36.4 Å². The number of benzene rings is 2. The minimum Gasteiger partial charge on any atom is -0.306 e. The van der Waals surface area contributed by atoms with E-state index >= 15 is 0 Å². The Labute approximate surface area is 135 Å². The molecule has 1 N–H and O–H groups in total. The number of hydrogen-bond donors (Lipinski definition) is 1. The van der Waals surface area contributed by atoms with E-state index in [-0.39, 0.29) is 11.1 Å². The number of halogens is 3. The van der Waals surface area contributed by atoms with Gasteiger partial charge in [0.1, 0.15) is 5.82 Å². The van der Waals surface area contributed by atoms with Crippen molar-refractivity contribution in [3.05, 3.63) is 69.0 Å². The molecule has 2 rings (SSSR count). The van der Waals surface area contributed by atoms with Crippen LogP contribution in [0.2, 0.25) is 10.0 Å². The number of rotatable bonds is 5. The lowest BCUT2D eigenvalue weighted by Crippen LogP contribution is -2.18. The van der Waals surface area contributed by atoms with Gasteiger partial charge in [0, 0.05) is 17.6 Å². The minimum atomic E-state index is -0.447. The molecule has 0 aliphatic carbocycles. The molecule has 1 atom stereocenters. The molecule has 0 aliphatic rings. The molecule has 0 bridgehead atoms.